The van der Waals surface area contributed by atoms with Crippen molar-refractivity contribution in [3.05, 3.63) is 30.1 Å². The molecular formula is C14H23FIN3O. The predicted octanol–water partition coefficient (Wildman–Crippen LogP) is 2.79. The Kier molecular flexibility index (Phi) is 10.1. The minimum Gasteiger partial charge on any atom is -0.489 e. The zero-order valence-corrected chi connectivity index (χ0v) is 14.5. The molecule has 0 bridgehead atoms. The summed E-state index contributed by atoms with van der Waals surface area (Å²) in [6.07, 6.45) is 1.01. The van der Waals surface area contributed by atoms with E-state index in [2.05, 4.69) is 22.5 Å². The van der Waals surface area contributed by atoms with Gasteiger partial charge in [-0.2, -0.15) is 0 Å². The summed E-state index contributed by atoms with van der Waals surface area (Å²) in [5, 5.41) is 6.35. The molecule has 1 rings (SSSR count). The monoisotopic (exact) mass is 395 g/mol. The summed E-state index contributed by atoms with van der Waals surface area (Å²) < 4.78 is 18.4. The van der Waals surface area contributed by atoms with Crippen molar-refractivity contribution in [1.82, 2.24) is 10.6 Å². The minimum absolute atomic E-state index is 0. The van der Waals surface area contributed by atoms with Crippen molar-refractivity contribution in [1.29, 1.82) is 0 Å². The highest BCUT2D eigenvalue weighted by Gasteiger charge is 2.05. The lowest BCUT2D eigenvalue weighted by molar-refractivity contribution is 0.223. The van der Waals surface area contributed by atoms with Gasteiger partial charge in [0.1, 0.15) is 17.7 Å². The van der Waals surface area contributed by atoms with Gasteiger partial charge in [-0.3, -0.25) is 4.99 Å². The van der Waals surface area contributed by atoms with Crippen LogP contribution in [0.15, 0.2) is 29.3 Å². The zero-order chi connectivity index (χ0) is 14.1. The maximum absolute atomic E-state index is 12.8. The number of ether oxygens (including phenoxy) is 1. The molecule has 4 nitrogen and oxygen atoms in total. The van der Waals surface area contributed by atoms with Crippen LogP contribution in [0.3, 0.4) is 0 Å². The first-order valence-electron chi connectivity index (χ1n) is 6.52. The van der Waals surface area contributed by atoms with E-state index in [4.69, 9.17) is 4.74 Å². The van der Waals surface area contributed by atoms with Crippen LogP contribution in [0.4, 0.5) is 4.39 Å². The Hall–Kier alpha value is -1.05. The van der Waals surface area contributed by atoms with Crippen LogP contribution in [-0.4, -0.2) is 32.2 Å². The standard InChI is InChI=1S/C14H22FN3O.HI/c1-4-9-17-14(16-3)18-10-11(2)19-13-7-5-12(15)6-8-13;/h5-8,11H,4,9-10H2,1-3H3,(H2,16,17,18);1H. The second-order valence-corrected chi connectivity index (χ2v) is 4.26. The first-order chi connectivity index (χ1) is 9.15. The van der Waals surface area contributed by atoms with Crippen LogP contribution in [0.2, 0.25) is 0 Å². The molecule has 0 aromatic heterocycles. The van der Waals surface area contributed by atoms with Crippen molar-refractivity contribution in [3.8, 4) is 5.75 Å². The quantitative estimate of drug-likeness (QED) is 0.443. The lowest BCUT2D eigenvalue weighted by Crippen LogP contribution is -2.42. The summed E-state index contributed by atoms with van der Waals surface area (Å²) in [5.41, 5.74) is 0. The van der Waals surface area contributed by atoms with Crippen LogP contribution in [-0.2, 0) is 0 Å². The Labute approximate surface area is 137 Å². The van der Waals surface area contributed by atoms with Crippen molar-refractivity contribution in [2.75, 3.05) is 20.1 Å². The second kappa shape index (κ2) is 10.7. The number of nitrogens with zero attached hydrogens (tertiary/aromatic N) is 1. The van der Waals surface area contributed by atoms with Gasteiger partial charge in [0.2, 0.25) is 0 Å². The summed E-state index contributed by atoms with van der Waals surface area (Å²) in [5.74, 6) is 1.16. The molecule has 0 saturated heterocycles. The van der Waals surface area contributed by atoms with Crippen LogP contribution in [0.1, 0.15) is 20.3 Å². The number of benzene rings is 1. The molecule has 0 amide bonds. The van der Waals surface area contributed by atoms with Gasteiger partial charge in [-0.1, -0.05) is 6.92 Å². The maximum Gasteiger partial charge on any atom is 0.191 e. The van der Waals surface area contributed by atoms with E-state index in [1.165, 1.54) is 12.1 Å². The van der Waals surface area contributed by atoms with Gasteiger partial charge in [-0.15, -0.1) is 24.0 Å². The van der Waals surface area contributed by atoms with Gasteiger partial charge in [-0.25, -0.2) is 4.39 Å². The molecule has 0 aliphatic rings. The molecule has 0 aliphatic heterocycles. The van der Waals surface area contributed by atoms with Gasteiger partial charge >= 0.3 is 0 Å². The van der Waals surface area contributed by atoms with Crippen molar-refractivity contribution >= 4 is 29.9 Å². The Bertz CT molecular complexity index is 398. The van der Waals surface area contributed by atoms with Crippen molar-refractivity contribution in [2.24, 2.45) is 4.99 Å². The molecule has 2 N–H and O–H groups in total. The molecule has 0 spiro atoms. The second-order valence-electron chi connectivity index (χ2n) is 4.26. The highest BCUT2D eigenvalue weighted by Crippen LogP contribution is 2.12. The van der Waals surface area contributed by atoms with Gasteiger partial charge in [0.25, 0.3) is 0 Å². The average Bonchev–Trinajstić information content (AvgIpc) is 2.42. The zero-order valence-electron chi connectivity index (χ0n) is 12.1. The topological polar surface area (TPSA) is 45.7 Å². The van der Waals surface area contributed by atoms with Gasteiger partial charge in [-0.05, 0) is 37.6 Å². The first-order valence-corrected chi connectivity index (χ1v) is 6.52. The van der Waals surface area contributed by atoms with Crippen LogP contribution in [0.25, 0.3) is 0 Å². The number of aliphatic imine (C=N–C) groups is 1. The molecule has 0 aliphatic carbocycles. The van der Waals surface area contributed by atoms with E-state index in [0.29, 0.717) is 12.3 Å². The number of nitrogens with one attached hydrogen (secondary N) is 2. The number of guanidine groups is 1. The summed E-state index contributed by atoms with van der Waals surface area (Å²) in [6, 6.07) is 6.01. The normalized spacial score (nSPS) is 12.3. The van der Waals surface area contributed by atoms with E-state index in [-0.39, 0.29) is 35.9 Å². The van der Waals surface area contributed by atoms with Gasteiger partial charge in [0.05, 0.1) is 6.54 Å². The smallest absolute Gasteiger partial charge is 0.191 e. The average molecular weight is 395 g/mol. The molecule has 0 saturated carbocycles. The Balaban J connectivity index is 0.00000361. The van der Waals surface area contributed by atoms with E-state index in [9.17, 15) is 4.39 Å². The van der Waals surface area contributed by atoms with E-state index in [1.807, 2.05) is 6.92 Å². The lowest BCUT2D eigenvalue weighted by atomic mass is 10.3. The van der Waals surface area contributed by atoms with Crippen molar-refractivity contribution in [2.45, 2.75) is 26.4 Å². The molecule has 0 heterocycles. The SMILES string of the molecule is CCCNC(=NC)NCC(C)Oc1ccc(F)cc1.I. The summed E-state index contributed by atoms with van der Waals surface area (Å²) >= 11 is 0. The predicted molar refractivity (Wildman–Crippen MR) is 91.6 cm³/mol. The van der Waals surface area contributed by atoms with Gasteiger partial charge in [0.15, 0.2) is 5.96 Å². The largest absolute Gasteiger partial charge is 0.489 e. The van der Waals surface area contributed by atoms with Crippen LogP contribution in [0.5, 0.6) is 5.75 Å². The minimum atomic E-state index is -0.262. The van der Waals surface area contributed by atoms with E-state index in [0.717, 1.165) is 18.9 Å². The third-order valence-electron chi connectivity index (χ3n) is 2.47. The maximum atomic E-state index is 12.8. The van der Waals surface area contributed by atoms with E-state index < -0.39 is 0 Å². The van der Waals surface area contributed by atoms with Gasteiger partial charge in [0, 0.05) is 13.6 Å². The molecular weight excluding hydrogens is 372 g/mol. The highest BCUT2D eigenvalue weighted by molar-refractivity contribution is 14.0. The number of halogens is 2. The van der Waals surface area contributed by atoms with Crippen molar-refractivity contribution in [3.63, 3.8) is 0 Å². The number of hydrogen-bond acceptors (Lipinski definition) is 2. The van der Waals surface area contributed by atoms with Gasteiger partial charge < -0.3 is 15.4 Å². The van der Waals surface area contributed by atoms with E-state index in [1.54, 1.807) is 19.2 Å². The number of rotatable bonds is 6. The summed E-state index contributed by atoms with van der Waals surface area (Å²) in [6.45, 7) is 5.55. The Morgan fingerprint density at radius 1 is 1.30 bits per heavy atom. The number of hydrogen-bond donors (Lipinski definition) is 2. The molecule has 1 unspecified atom stereocenters. The molecule has 1 aromatic rings. The molecule has 1 atom stereocenters. The lowest BCUT2D eigenvalue weighted by Gasteiger charge is -2.17. The van der Waals surface area contributed by atoms with Crippen LogP contribution in [0, 0.1) is 5.82 Å². The first kappa shape index (κ1) is 18.9. The third-order valence-corrected chi connectivity index (χ3v) is 2.47. The molecule has 1 aromatic carbocycles. The Morgan fingerprint density at radius 2 is 1.95 bits per heavy atom. The Morgan fingerprint density at radius 3 is 2.50 bits per heavy atom. The molecule has 6 heteroatoms. The summed E-state index contributed by atoms with van der Waals surface area (Å²) in [4.78, 5) is 4.11. The fraction of sp³-hybridized carbons (Fsp3) is 0.500. The van der Waals surface area contributed by atoms with Crippen LogP contribution < -0.4 is 15.4 Å². The molecule has 0 radical (unpaired) electrons. The fourth-order valence-electron chi connectivity index (χ4n) is 1.49. The molecule has 0 fully saturated rings. The third kappa shape index (κ3) is 7.52. The summed E-state index contributed by atoms with van der Waals surface area (Å²) in [7, 11) is 1.73. The van der Waals surface area contributed by atoms with E-state index >= 15 is 0 Å². The fourth-order valence-corrected chi connectivity index (χ4v) is 1.49. The highest BCUT2D eigenvalue weighted by atomic mass is 127. The molecule has 114 valence electrons. The van der Waals surface area contributed by atoms with Crippen molar-refractivity contribution < 1.29 is 9.13 Å². The van der Waals surface area contributed by atoms with Crippen LogP contribution >= 0.6 is 24.0 Å². The molecule has 20 heavy (non-hydrogen) atoms.